The molecule has 0 N–H and O–H groups in total. The van der Waals surface area contributed by atoms with Crippen molar-refractivity contribution in [2.45, 2.75) is 82.3 Å². The number of hydrogen-bond acceptors (Lipinski definition) is 0. The smallest absolute Gasteiger partial charge is 0.251 e. The van der Waals surface area contributed by atoms with Crippen LogP contribution in [0.15, 0.2) is 24.3 Å². The first-order valence-corrected chi connectivity index (χ1v) is 13.9. The molecule has 2 aliphatic rings. The van der Waals surface area contributed by atoms with Crippen molar-refractivity contribution in [3.8, 4) is 0 Å². The fourth-order valence-corrected chi connectivity index (χ4v) is 8.58. The Kier molecular flexibility index (Phi) is 9.48. The van der Waals surface area contributed by atoms with E-state index in [4.69, 9.17) is 0 Å². The maximum atomic E-state index is 14.0. The molecule has 1 aliphatic carbocycles. The molecule has 1 saturated carbocycles. The van der Waals surface area contributed by atoms with Gasteiger partial charge in [0.15, 0.2) is 0 Å². The van der Waals surface area contributed by atoms with Crippen molar-refractivity contribution in [2.75, 3.05) is 6.67 Å². The first-order chi connectivity index (χ1) is 14.5. The van der Waals surface area contributed by atoms with Crippen LogP contribution in [-0.4, -0.2) is 15.5 Å². The quantitative estimate of drug-likeness (QED) is 0.206. The summed E-state index contributed by atoms with van der Waals surface area (Å²) in [5, 5.41) is 0. The molecule has 2 fully saturated rings. The van der Waals surface area contributed by atoms with E-state index in [1.165, 1.54) is 68.8 Å². The number of rotatable bonds is 9. The van der Waals surface area contributed by atoms with Crippen LogP contribution in [0.1, 0.15) is 68.9 Å². The van der Waals surface area contributed by atoms with Crippen molar-refractivity contribution < 1.29 is 17.6 Å². The van der Waals surface area contributed by atoms with Crippen molar-refractivity contribution in [2.24, 2.45) is 17.8 Å². The van der Waals surface area contributed by atoms with Crippen molar-refractivity contribution in [3.05, 3.63) is 41.2 Å². The summed E-state index contributed by atoms with van der Waals surface area (Å²) in [6, 6.07) is 8.83. The Bertz CT molecular complexity index is 670. The number of hydrogen-bond donors (Lipinski definition) is 0. The molecule has 5 heteroatoms. The van der Waals surface area contributed by atoms with Gasteiger partial charge in [0, 0.05) is 20.4 Å². The first kappa shape index (κ1) is 23.6. The van der Waals surface area contributed by atoms with E-state index in [-0.39, 0.29) is 21.0 Å². The van der Waals surface area contributed by atoms with Gasteiger partial charge in [-0.2, -0.15) is 8.78 Å². The molecule has 30 heavy (non-hydrogen) atoms. The van der Waals surface area contributed by atoms with Crippen LogP contribution in [0.2, 0.25) is 18.1 Å². The number of aryl methyl sites for hydroxylation is 1. The van der Waals surface area contributed by atoms with Gasteiger partial charge in [0.05, 0.1) is 6.67 Å². The van der Waals surface area contributed by atoms with Crippen LogP contribution in [0.4, 0.5) is 17.6 Å². The average Bonchev–Trinajstić information content (AvgIpc) is 2.75. The molecule has 0 amide bonds. The second kappa shape index (κ2) is 12.1. The van der Waals surface area contributed by atoms with E-state index in [9.17, 15) is 17.6 Å². The molecule has 3 rings (SSSR count). The van der Waals surface area contributed by atoms with E-state index in [1.54, 1.807) is 6.07 Å². The maximum absolute atomic E-state index is 14.0. The van der Waals surface area contributed by atoms with Gasteiger partial charge in [-0.1, -0.05) is 62.4 Å². The summed E-state index contributed by atoms with van der Waals surface area (Å²) < 4.78 is 50.9. The molecule has 167 valence electrons. The number of alkyl halides is 1. The third kappa shape index (κ3) is 7.25. The molecular weight excluding hydrogens is 404 g/mol. The van der Waals surface area contributed by atoms with Crippen LogP contribution < -0.4 is 0 Å². The number of benzene rings is 1. The fourth-order valence-electron chi connectivity index (χ4n) is 5.52. The molecule has 0 atom stereocenters. The minimum Gasteiger partial charge on any atom is -0.251 e. The van der Waals surface area contributed by atoms with E-state index in [0.717, 1.165) is 43.1 Å². The van der Waals surface area contributed by atoms with Crippen LogP contribution in [-0.2, 0) is 6.42 Å². The van der Waals surface area contributed by atoms with Gasteiger partial charge < -0.3 is 0 Å². The molecule has 0 aromatic heterocycles. The van der Waals surface area contributed by atoms with Crippen molar-refractivity contribution in [1.82, 2.24) is 0 Å². The molecule has 1 heterocycles. The zero-order valence-electron chi connectivity index (χ0n) is 18.0. The number of halogens is 4. The monoisotopic (exact) mass is 439 g/mol. The van der Waals surface area contributed by atoms with Gasteiger partial charge in [-0.05, 0) is 61.5 Å². The Morgan fingerprint density at radius 2 is 1.67 bits per heavy atom. The molecule has 0 unspecified atom stereocenters. The van der Waals surface area contributed by atoms with E-state index in [1.807, 2.05) is 0 Å². The van der Waals surface area contributed by atoms with Crippen LogP contribution >= 0.6 is 0 Å². The first-order valence-electron chi connectivity index (χ1n) is 11.8. The van der Waals surface area contributed by atoms with Crippen LogP contribution in [0.25, 0.3) is 6.08 Å². The molecular formula is C25H35F4Si. The minimum absolute atomic E-state index is 0.0429. The lowest BCUT2D eigenvalue weighted by Crippen LogP contribution is -2.28. The van der Waals surface area contributed by atoms with Crippen LogP contribution in [0.3, 0.4) is 0 Å². The maximum Gasteiger partial charge on any atom is 0.271 e. The predicted octanol–water partition coefficient (Wildman–Crippen LogP) is 8.46. The Hall–Kier alpha value is -1.10. The summed E-state index contributed by atoms with van der Waals surface area (Å²) in [4.78, 5) is 0. The Morgan fingerprint density at radius 1 is 0.967 bits per heavy atom. The topological polar surface area (TPSA) is 0 Å². The molecule has 0 nitrogen and oxygen atoms in total. The average molecular weight is 440 g/mol. The summed E-state index contributed by atoms with van der Waals surface area (Å²) in [6.45, 7) is -0.155. The highest BCUT2D eigenvalue weighted by molar-refractivity contribution is 6.58. The van der Waals surface area contributed by atoms with Gasteiger partial charge >= 0.3 is 0 Å². The molecule has 1 aliphatic heterocycles. The second-order valence-corrected chi connectivity index (χ2v) is 12.3. The molecule has 1 radical (unpaired) electrons. The lowest BCUT2D eigenvalue weighted by Gasteiger charge is -2.37. The van der Waals surface area contributed by atoms with E-state index in [0.29, 0.717) is 12.0 Å². The zero-order chi connectivity index (χ0) is 21.3. The highest BCUT2D eigenvalue weighted by Gasteiger charge is 2.31. The number of unbranched alkanes of at least 4 members (excludes halogenated alkanes) is 1. The normalized spacial score (nSPS) is 23.5. The van der Waals surface area contributed by atoms with E-state index < -0.39 is 11.9 Å². The highest BCUT2D eigenvalue weighted by atomic mass is 28.3. The highest BCUT2D eigenvalue weighted by Crippen LogP contribution is 2.42. The summed E-state index contributed by atoms with van der Waals surface area (Å²) in [6.07, 6.45) is 10.4. The third-order valence-corrected chi connectivity index (χ3v) is 10.4. The Labute approximate surface area is 180 Å². The summed E-state index contributed by atoms with van der Waals surface area (Å²) >= 11 is 0. The van der Waals surface area contributed by atoms with Gasteiger partial charge in [0.2, 0.25) is 0 Å². The van der Waals surface area contributed by atoms with Crippen molar-refractivity contribution in [3.63, 3.8) is 0 Å². The lowest BCUT2D eigenvalue weighted by atomic mass is 9.73. The minimum atomic E-state index is -1.87. The Morgan fingerprint density at radius 3 is 2.30 bits per heavy atom. The molecule has 1 saturated heterocycles. The van der Waals surface area contributed by atoms with Gasteiger partial charge in [0.25, 0.3) is 6.08 Å². The van der Waals surface area contributed by atoms with Crippen LogP contribution in [0, 0.1) is 23.6 Å². The molecule has 1 aromatic carbocycles. The van der Waals surface area contributed by atoms with Gasteiger partial charge in [0.1, 0.15) is 5.82 Å². The van der Waals surface area contributed by atoms with Crippen molar-refractivity contribution >= 4 is 14.9 Å². The molecule has 1 aromatic rings. The van der Waals surface area contributed by atoms with Gasteiger partial charge in [-0.25, -0.2) is 4.39 Å². The largest absolute Gasteiger partial charge is 0.271 e. The van der Waals surface area contributed by atoms with Gasteiger partial charge in [-0.15, -0.1) is 0 Å². The Balaban J connectivity index is 1.36. The molecule has 0 bridgehead atoms. The standard InChI is InChI=1S/C25H35F4Si/c26-13-1-2-14-30-15-11-22(12-16-30)21-8-5-19(6-9-21)3-4-20-7-10-23(18-25(28)29)24(27)17-20/h7,10,17-19,21-22H,1-6,8-9,11-16H2. The fraction of sp³-hybridized carbons (Fsp3) is 0.680. The van der Waals surface area contributed by atoms with E-state index in [2.05, 4.69) is 0 Å². The summed E-state index contributed by atoms with van der Waals surface area (Å²) in [5.41, 5.74) is 0.861. The van der Waals surface area contributed by atoms with Gasteiger partial charge in [-0.3, -0.25) is 4.39 Å². The molecule has 0 spiro atoms. The summed E-state index contributed by atoms with van der Waals surface area (Å²) in [5.74, 6) is 1.93. The zero-order valence-corrected chi connectivity index (χ0v) is 19.0. The SMILES string of the molecule is FCCCC[Si]1CCC(C2CCC(CCc3ccc(C=C(F)F)c(F)c3)CC2)CC1. The van der Waals surface area contributed by atoms with Crippen molar-refractivity contribution in [1.29, 1.82) is 0 Å². The van der Waals surface area contributed by atoms with Crippen LogP contribution in [0.5, 0.6) is 0 Å². The van der Waals surface area contributed by atoms with E-state index >= 15 is 0 Å². The second-order valence-electron chi connectivity index (χ2n) is 9.34. The summed E-state index contributed by atoms with van der Waals surface area (Å²) in [7, 11) is -0.196. The third-order valence-electron chi connectivity index (χ3n) is 7.38. The lowest BCUT2D eigenvalue weighted by molar-refractivity contribution is 0.186. The predicted molar refractivity (Wildman–Crippen MR) is 118 cm³/mol.